The van der Waals surface area contributed by atoms with Gasteiger partial charge in [-0.3, -0.25) is 9.79 Å². The van der Waals surface area contributed by atoms with Gasteiger partial charge >= 0.3 is 0 Å². The van der Waals surface area contributed by atoms with Crippen molar-refractivity contribution in [3.05, 3.63) is 65.2 Å². The molecule has 1 amide bonds. The molecule has 0 atom stereocenters. The molecule has 0 radical (unpaired) electrons. The lowest BCUT2D eigenvalue weighted by Gasteiger charge is -2.27. The molecule has 3 rings (SSSR count). The Morgan fingerprint density at radius 3 is 2.58 bits per heavy atom. The van der Waals surface area contributed by atoms with E-state index >= 15 is 0 Å². The Labute approximate surface area is 202 Å². The molecule has 0 aliphatic heterocycles. The summed E-state index contributed by atoms with van der Waals surface area (Å²) in [5.41, 5.74) is 2.95. The van der Waals surface area contributed by atoms with E-state index in [1.807, 2.05) is 42.5 Å². The Bertz CT molecular complexity index is 881. The van der Waals surface area contributed by atoms with Crippen LogP contribution in [0.25, 0.3) is 0 Å². The van der Waals surface area contributed by atoms with Crippen molar-refractivity contribution in [1.82, 2.24) is 15.5 Å². The molecule has 7 heteroatoms. The number of nitrogens with zero attached hydrogens (tertiary/aromatic N) is 2. The van der Waals surface area contributed by atoms with Crippen molar-refractivity contribution < 1.29 is 9.53 Å². The molecule has 0 bridgehead atoms. The van der Waals surface area contributed by atoms with Crippen LogP contribution in [0.1, 0.15) is 40.7 Å². The Morgan fingerprint density at radius 2 is 1.90 bits per heavy atom. The second-order valence-corrected chi connectivity index (χ2v) is 7.78. The molecule has 0 spiro atoms. The lowest BCUT2D eigenvalue weighted by molar-refractivity contribution is 0.0827. The standard InChI is InChI=1S/C24H32N4O2.HI/c1-25-24(26-15-14-18-8-6-10-19(16-18)23(29)28(2)3)27-17-20-9-4-5-13-22(20)30-21-11-7-12-21;/h4-6,8-10,13,16,21H,7,11-12,14-15,17H2,1-3H3,(H2,25,26,27);1H. The number of hydrogen-bond acceptors (Lipinski definition) is 3. The Kier molecular flexibility index (Phi) is 10.1. The summed E-state index contributed by atoms with van der Waals surface area (Å²) in [6.07, 6.45) is 4.71. The molecular formula is C24H33IN4O2. The zero-order valence-electron chi connectivity index (χ0n) is 18.6. The van der Waals surface area contributed by atoms with E-state index in [0.717, 1.165) is 48.6 Å². The third-order valence-electron chi connectivity index (χ3n) is 5.27. The number of halogens is 1. The highest BCUT2D eigenvalue weighted by atomic mass is 127. The molecule has 0 aromatic heterocycles. The van der Waals surface area contributed by atoms with E-state index in [0.29, 0.717) is 18.2 Å². The maximum atomic E-state index is 12.1. The van der Waals surface area contributed by atoms with Crippen LogP contribution in [-0.2, 0) is 13.0 Å². The van der Waals surface area contributed by atoms with Gasteiger partial charge < -0.3 is 20.3 Å². The first-order valence-corrected chi connectivity index (χ1v) is 10.6. The van der Waals surface area contributed by atoms with Crippen LogP contribution in [0.4, 0.5) is 0 Å². The van der Waals surface area contributed by atoms with Crippen molar-refractivity contribution in [3.8, 4) is 5.75 Å². The predicted molar refractivity (Wildman–Crippen MR) is 136 cm³/mol. The Morgan fingerprint density at radius 1 is 1.13 bits per heavy atom. The second kappa shape index (κ2) is 12.5. The minimum absolute atomic E-state index is 0. The van der Waals surface area contributed by atoms with Crippen molar-refractivity contribution in [1.29, 1.82) is 0 Å². The number of amides is 1. The summed E-state index contributed by atoms with van der Waals surface area (Å²) >= 11 is 0. The fourth-order valence-electron chi connectivity index (χ4n) is 3.28. The van der Waals surface area contributed by atoms with Crippen molar-refractivity contribution in [2.45, 2.75) is 38.3 Å². The third kappa shape index (κ3) is 7.41. The number of guanidine groups is 1. The average Bonchev–Trinajstić information content (AvgIpc) is 2.73. The second-order valence-electron chi connectivity index (χ2n) is 7.78. The molecule has 0 heterocycles. The van der Waals surface area contributed by atoms with Crippen LogP contribution < -0.4 is 15.4 Å². The maximum Gasteiger partial charge on any atom is 0.253 e. The van der Waals surface area contributed by atoms with Gasteiger partial charge in [0.05, 0.1) is 6.10 Å². The van der Waals surface area contributed by atoms with Crippen molar-refractivity contribution in [3.63, 3.8) is 0 Å². The Hall–Kier alpha value is -2.29. The number of aliphatic imine (C=N–C) groups is 1. The number of hydrogen-bond donors (Lipinski definition) is 2. The average molecular weight is 536 g/mol. The molecule has 1 aliphatic carbocycles. The normalized spacial score (nSPS) is 13.6. The molecule has 2 aromatic rings. The minimum atomic E-state index is 0. The summed E-state index contributed by atoms with van der Waals surface area (Å²) in [6.45, 7) is 1.37. The van der Waals surface area contributed by atoms with Gasteiger partial charge in [0.1, 0.15) is 5.75 Å². The van der Waals surface area contributed by atoms with Gasteiger partial charge in [-0.2, -0.15) is 0 Å². The van der Waals surface area contributed by atoms with Gasteiger partial charge in [0, 0.05) is 45.4 Å². The van der Waals surface area contributed by atoms with E-state index in [9.17, 15) is 4.79 Å². The summed E-state index contributed by atoms with van der Waals surface area (Å²) in [5, 5.41) is 6.71. The van der Waals surface area contributed by atoms with Crippen LogP contribution in [0.15, 0.2) is 53.5 Å². The number of ether oxygens (including phenoxy) is 1. The fourth-order valence-corrected chi connectivity index (χ4v) is 3.28. The summed E-state index contributed by atoms with van der Waals surface area (Å²) in [6, 6.07) is 15.9. The number of rotatable bonds is 8. The molecule has 2 N–H and O–H groups in total. The lowest BCUT2D eigenvalue weighted by atomic mass is 9.96. The fraction of sp³-hybridized carbons (Fsp3) is 0.417. The highest BCUT2D eigenvalue weighted by Gasteiger charge is 2.20. The molecule has 1 fully saturated rings. The summed E-state index contributed by atoms with van der Waals surface area (Å²) in [7, 11) is 5.30. The SMILES string of the molecule is CN=C(NCCc1cccc(C(=O)N(C)C)c1)NCc1ccccc1OC1CCC1.I. The molecule has 31 heavy (non-hydrogen) atoms. The van der Waals surface area contributed by atoms with Crippen LogP contribution in [0.2, 0.25) is 0 Å². The van der Waals surface area contributed by atoms with E-state index in [1.54, 1.807) is 26.0 Å². The van der Waals surface area contributed by atoms with E-state index in [2.05, 4.69) is 21.7 Å². The summed E-state index contributed by atoms with van der Waals surface area (Å²) in [5.74, 6) is 1.71. The zero-order chi connectivity index (χ0) is 21.3. The van der Waals surface area contributed by atoms with Crippen LogP contribution >= 0.6 is 24.0 Å². The van der Waals surface area contributed by atoms with Gasteiger partial charge in [0.25, 0.3) is 5.91 Å². The molecule has 2 aromatic carbocycles. The van der Waals surface area contributed by atoms with Crippen molar-refractivity contribution >= 4 is 35.8 Å². The van der Waals surface area contributed by atoms with Crippen LogP contribution in [0, 0.1) is 0 Å². The summed E-state index contributed by atoms with van der Waals surface area (Å²) < 4.78 is 6.10. The molecule has 1 aliphatic rings. The quantitative estimate of drug-likeness (QED) is 0.306. The number of benzene rings is 2. The highest BCUT2D eigenvalue weighted by Crippen LogP contribution is 2.27. The molecular weight excluding hydrogens is 503 g/mol. The first kappa shape index (κ1) is 25.0. The molecule has 168 valence electrons. The van der Waals surface area contributed by atoms with E-state index in [4.69, 9.17) is 4.74 Å². The molecule has 0 saturated heterocycles. The van der Waals surface area contributed by atoms with Gasteiger partial charge in [-0.05, 0) is 49.4 Å². The number of carbonyl (C=O) groups excluding carboxylic acids is 1. The van der Waals surface area contributed by atoms with Crippen molar-refractivity contribution in [2.75, 3.05) is 27.7 Å². The van der Waals surface area contributed by atoms with Crippen molar-refractivity contribution in [2.24, 2.45) is 4.99 Å². The van der Waals surface area contributed by atoms with Crippen LogP contribution in [0.5, 0.6) is 5.75 Å². The van der Waals surface area contributed by atoms with Gasteiger partial charge in [-0.1, -0.05) is 30.3 Å². The number of nitrogens with one attached hydrogen (secondary N) is 2. The molecule has 6 nitrogen and oxygen atoms in total. The van der Waals surface area contributed by atoms with Gasteiger partial charge in [0.2, 0.25) is 0 Å². The van der Waals surface area contributed by atoms with E-state index < -0.39 is 0 Å². The van der Waals surface area contributed by atoms with E-state index in [-0.39, 0.29) is 29.9 Å². The molecule has 1 saturated carbocycles. The predicted octanol–water partition coefficient (Wildman–Crippen LogP) is 3.85. The van der Waals surface area contributed by atoms with Gasteiger partial charge in [-0.15, -0.1) is 24.0 Å². The maximum absolute atomic E-state index is 12.1. The largest absolute Gasteiger partial charge is 0.490 e. The summed E-state index contributed by atoms with van der Waals surface area (Å²) in [4.78, 5) is 18.0. The monoisotopic (exact) mass is 536 g/mol. The smallest absolute Gasteiger partial charge is 0.253 e. The Balaban J connectivity index is 0.00000341. The first-order valence-electron chi connectivity index (χ1n) is 10.6. The lowest BCUT2D eigenvalue weighted by Crippen LogP contribution is -2.38. The van der Waals surface area contributed by atoms with Crippen LogP contribution in [-0.4, -0.2) is 50.6 Å². The molecule has 0 unspecified atom stereocenters. The minimum Gasteiger partial charge on any atom is -0.490 e. The zero-order valence-corrected chi connectivity index (χ0v) is 20.9. The highest BCUT2D eigenvalue weighted by molar-refractivity contribution is 14.0. The third-order valence-corrected chi connectivity index (χ3v) is 5.27. The van der Waals surface area contributed by atoms with Gasteiger partial charge in [-0.25, -0.2) is 0 Å². The van der Waals surface area contributed by atoms with Gasteiger partial charge in [0.15, 0.2) is 5.96 Å². The topological polar surface area (TPSA) is 66.0 Å². The number of carbonyl (C=O) groups is 1. The van der Waals surface area contributed by atoms with Crippen LogP contribution in [0.3, 0.4) is 0 Å². The first-order chi connectivity index (χ1) is 14.6. The van der Waals surface area contributed by atoms with E-state index in [1.165, 1.54) is 6.42 Å². The number of para-hydroxylation sites is 1.